The predicted molar refractivity (Wildman–Crippen MR) is 104 cm³/mol. The number of allylic oxidation sites excluding steroid dienone is 1. The molecule has 0 aromatic rings. The summed E-state index contributed by atoms with van der Waals surface area (Å²) in [4.78, 5) is 10.7. The molecule has 1 nitrogen and oxygen atoms in total. The Labute approximate surface area is 144 Å². The zero-order valence-electron chi connectivity index (χ0n) is 16.0. The molecular formula is C19H38BNSn. The number of hydrogen-bond donors (Lipinski definition) is 0. The fourth-order valence-corrected chi connectivity index (χ4v) is 12.6. The van der Waals surface area contributed by atoms with Crippen molar-refractivity contribution in [2.75, 3.05) is 13.1 Å². The number of rotatable bonds is 5. The molecule has 0 N–H and O–H groups in total. The van der Waals surface area contributed by atoms with Gasteiger partial charge in [0.1, 0.15) is 0 Å². The summed E-state index contributed by atoms with van der Waals surface area (Å²) in [6.45, 7) is 10.5. The zero-order chi connectivity index (χ0) is 16.3. The minimum absolute atomic E-state index is 0.904. The van der Waals surface area contributed by atoms with E-state index in [0.717, 1.165) is 18.4 Å². The van der Waals surface area contributed by atoms with Gasteiger partial charge < -0.3 is 0 Å². The molecule has 0 saturated carbocycles. The zero-order valence-corrected chi connectivity index (χ0v) is 18.9. The molecule has 2 fully saturated rings. The van der Waals surface area contributed by atoms with Crippen LogP contribution < -0.4 is 0 Å². The van der Waals surface area contributed by atoms with Crippen LogP contribution in [-0.4, -0.2) is 43.1 Å². The second-order valence-corrected chi connectivity index (χ2v) is 22.8. The molecule has 2 aliphatic heterocycles. The first kappa shape index (κ1) is 18.7. The quantitative estimate of drug-likeness (QED) is 0.513. The molecule has 0 unspecified atom stereocenters. The van der Waals surface area contributed by atoms with E-state index in [2.05, 4.69) is 40.5 Å². The summed E-state index contributed by atoms with van der Waals surface area (Å²) in [7, 11) is 0. The van der Waals surface area contributed by atoms with Crippen LogP contribution in [0.1, 0.15) is 59.3 Å². The van der Waals surface area contributed by atoms with E-state index in [9.17, 15) is 0 Å². The van der Waals surface area contributed by atoms with Crippen molar-refractivity contribution in [3.8, 4) is 0 Å². The molecule has 3 heteroatoms. The maximum atomic E-state index is 2.77. The van der Waals surface area contributed by atoms with Crippen molar-refractivity contribution in [1.82, 2.24) is 4.90 Å². The van der Waals surface area contributed by atoms with Gasteiger partial charge in [-0.25, -0.2) is 0 Å². The summed E-state index contributed by atoms with van der Waals surface area (Å²) in [6.07, 6.45) is 10.3. The van der Waals surface area contributed by atoms with Crippen molar-refractivity contribution in [3.05, 3.63) is 9.19 Å². The van der Waals surface area contributed by atoms with Crippen LogP contribution in [0.2, 0.25) is 27.0 Å². The van der Waals surface area contributed by atoms with Gasteiger partial charge in [-0.05, 0) is 0 Å². The average molecular weight is 410 g/mol. The summed E-state index contributed by atoms with van der Waals surface area (Å²) >= 11 is -2.12. The molecule has 0 aromatic carbocycles. The monoisotopic (exact) mass is 411 g/mol. The number of fused-ring (bicyclic) bond motifs is 3. The van der Waals surface area contributed by atoms with Crippen LogP contribution in [0.5, 0.6) is 0 Å². The first-order valence-electron chi connectivity index (χ1n) is 9.93. The average Bonchev–Trinajstić information content (AvgIpc) is 2.70. The molecule has 0 radical (unpaired) electrons. The van der Waals surface area contributed by atoms with Crippen molar-refractivity contribution >= 4 is 25.1 Å². The Balaban J connectivity index is 2.61. The van der Waals surface area contributed by atoms with E-state index in [1.54, 1.807) is 0 Å². The molecule has 0 amide bonds. The number of nitrogens with zero attached hydrogens (tertiary/aromatic N) is 1. The Morgan fingerprint density at radius 1 is 1.00 bits per heavy atom. The Bertz CT molecular complexity index is 385. The normalized spacial score (nSPS) is 28.4. The van der Waals surface area contributed by atoms with Crippen LogP contribution in [0.4, 0.5) is 0 Å². The summed E-state index contributed by atoms with van der Waals surface area (Å²) in [5, 5.41) is 0. The first-order chi connectivity index (χ1) is 10.4. The first-order valence-corrected chi connectivity index (χ1v) is 19.9. The minimum atomic E-state index is -2.12. The van der Waals surface area contributed by atoms with Crippen LogP contribution >= 0.6 is 0 Å². The Hall–Kier alpha value is 0.404. The van der Waals surface area contributed by atoms with E-state index in [-0.39, 0.29) is 0 Å². The fourth-order valence-electron chi connectivity index (χ4n) is 5.36. The summed E-state index contributed by atoms with van der Waals surface area (Å²) in [5.41, 5.74) is 1.98. The molecule has 2 heterocycles. The van der Waals surface area contributed by atoms with Crippen LogP contribution in [0.3, 0.4) is 0 Å². The Kier molecular flexibility index (Phi) is 6.80. The standard InChI is InChI=1S/C16H29BN.3CH3.Sn/c1-4-17-15-11-7-9-14(10-8-12-15)16(17)13-18(5-2)6-3;;;;/h14-15H,4-12H2,1-3H3;3*1H3;. The van der Waals surface area contributed by atoms with Crippen molar-refractivity contribution in [3.63, 3.8) is 0 Å². The molecule has 0 aliphatic carbocycles. The molecule has 0 atom stereocenters. The topological polar surface area (TPSA) is 3.24 Å². The summed E-state index contributed by atoms with van der Waals surface area (Å²) in [5.74, 6) is 1.91. The van der Waals surface area contributed by atoms with Crippen LogP contribution in [0, 0.1) is 5.92 Å². The Morgan fingerprint density at radius 2 is 1.55 bits per heavy atom. The molecule has 0 aromatic heterocycles. The molecule has 2 rings (SSSR count). The van der Waals surface area contributed by atoms with Gasteiger partial charge in [0.25, 0.3) is 0 Å². The summed E-state index contributed by atoms with van der Waals surface area (Å²) in [6, 6.07) is 0. The molecule has 2 saturated heterocycles. The predicted octanol–water partition coefficient (Wildman–Crippen LogP) is 5.87. The van der Waals surface area contributed by atoms with Gasteiger partial charge in [0.15, 0.2) is 0 Å². The van der Waals surface area contributed by atoms with E-state index in [1.165, 1.54) is 57.9 Å². The van der Waals surface area contributed by atoms with Crippen LogP contribution in [0.25, 0.3) is 0 Å². The molecule has 0 spiro atoms. The number of hydrogen-bond acceptors (Lipinski definition) is 1. The molecule has 2 bridgehead atoms. The van der Waals surface area contributed by atoms with Gasteiger partial charge in [-0.3, -0.25) is 0 Å². The van der Waals surface area contributed by atoms with Crippen molar-refractivity contribution in [2.24, 2.45) is 5.92 Å². The van der Waals surface area contributed by atoms with E-state index < -0.39 is 18.4 Å². The third-order valence-corrected chi connectivity index (χ3v) is 11.9. The van der Waals surface area contributed by atoms with Gasteiger partial charge in [-0.15, -0.1) is 0 Å². The Morgan fingerprint density at radius 3 is 1.95 bits per heavy atom. The van der Waals surface area contributed by atoms with Gasteiger partial charge in [0, 0.05) is 0 Å². The van der Waals surface area contributed by atoms with Crippen molar-refractivity contribution in [2.45, 2.75) is 86.3 Å². The van der Waals surface area contributed by atoms with Crippen LogP contribution in [-0.2, 0) is 0 Å². The van der Waals surface area contributed by atoms with E-state index in [4.69, 9.17) is 0 Å². The van der Waals surface area contributed by atoms with E-state index in [1.807, 2.05) is 9.19 Å². The van der Waals surface area contributed by atoms with E-state index >= 15 is 0 Å². The van der Waals surface area contributed by atoms with Gasteiger partial charge in [0.2, 0.25) is 0 Å². The van der Waals surface area contributed by atoms with E-state index in [0.29, 0.717) is 0 Å². The SMILES string of the molecule is CCB1/C(=[C](/N(CC)CC)[Sn]([CH3])([CH3])[CH3])C2CCCC1CCC2. The molecule has 126 valence electrons. The van der Waals surface area contributed by atoms with Crippen LogP contribution in [0.15, 0.2) is 9.19 Å². The second-order valence-electron chi connectivity index (χ2n) is 8.56. The molecule has 2 aliphatic rings. The fraction of sp³-hybridized carbons (Fsp3) is 0.895. The third-order valence-electron chi connectivity index (χ3n) is 6.17. The third kappa shape index (κ3) is 3.90. The molecule has 22 heavy (non-hydrogen) atoms. The summed E-state index contributed by atoms with van der Waals surface area (Å²) < 4.78 is 1.92. The molecular weight excluding hydrogens is 372 g/mol. The van der Waals surface area contributed by atoms with Gasteiger partial charge in [0.05, 0.1) is 0 Å². The second kappa shape index (κ2) is 7.99. The maximum absolute atomic E-state index is 2.77. The van der Waals surface area contributed by atoms with Crippen molar-refractivity contribution in [1.29, 1.82) is 0 Å². The van der Waals surface area contributed by atoms with Crippen molar-refractivity contribution < 1.29 is 0 Å². The van der Waals surface area contributed by atoms with Gasteiger partial charge in [-0.2, -0.15) is 0 Å². The van der Waals surface area contributed by atoms with Gasteiger partial charge in [-0.1, -0.05) is 0 Å². The van der Waals surface area contributed by atoms with Gasteiger partial charge >= 0.3 is 144 Å².